The number of ether oxygens (including phenoxy) is 1. The van der Waals surface area contributed by atoms with Crippen molar-refractivity contribution in [1.29, 1.82) is 0 Å². The Hall–Kier alpha value is -2.88. The van der Waals surface area contributed by atoms with E-state index in [2.05, 4.69) is 10.3 Å². The maximum Gasteiger partial charge on any atom is 0.275 e. The van der Waals surface area contributed by atoms with Gasteiger partial charge in [0.25, 0.3) is 5.91 Å². The Morgan fingerprint density at radius 1 is 1.04 bits per heavy atom. The fourth-order valence-corrected chi connectivity index (χ4v) is 2.27. The first-order valence-corrected chi connectivity index (χ1v) is 7.56. The van der Waals surface area contributed by atoms with Crippen LogP contribution < -0.4 is 10.1 Å². The van der Waals surface area contributed by atoms with Gasteiger partial charge in [-0.05, 0) is 37.6 Å². The summed E-state index contributed by atoms with van der Waals surface area (Å²) in [6, 6.07) is 17.2. The highest BCUT2D eigenvalue weighted by Crippen LogP contribution is 2.18. The SMILES string of the molecule is CC(C)Oc1ccc(/C=C2\N=C(c3ccccc3)NC2=O)cc1. The lowest BCUT2D eigenvalue weighted by atomic mass is 10.2. The Kier molecular flexibility index (Phi) is 4.24. The quantitative estimate of drug-likeness (QED) is 0.880. The summed E-state index contributed by atoms with van der Waals surface area (Å²) in [5, 5.41) is 2.80. The Balaban J connectivity index is 1.82. The zero-order valence-corrected chi connectivity index (χ0v) is 13.1. The van der Waals surface area contributed by atoms with E-state index in [1.54, 1.807) is 6.08 Å². The first kappa shape index (κ1) is 15.0. The van der Waals surface area contributed by atoms with E-state index >= 15 is 0 Å². The molecule has 4 heteroatoms. The molecule has 0 fully saturated rings. The molecule has 116 valence electrons. The van der Waals surface area contributed by atoms with E-state index in [0.717, 1.165) is 16.9 Å². The molecular weight excluding hydrogens is 288 g/mol. The van der Waals surface area contributed by atoms with Gasteiger partial charge in [-0.15, -0.1) is 0 Å². The minimum absolute atomic E-state index is 0.137. The van der Waals surface area contributed by atoms with E-state index in [1.807, 2.05) is 68.4 Å². The van der Waals surface area contributed by atoms with Crippen molar-refractivity contribution in [2.75, 3.05) is 0 Å². The third-order valence-corrected chi connectivity index (χ3v) is 3.30. The molecule has 0 aliphatic carbocycles. The third kappa shape index (κ3) is 3.66. The molecule has 1 aliphatic heterocycles. The molecule has 0 radical (unpaired) electrons. The summed E-state index contributed by atoms with van der Waals surface area (Å²) in [7, 11) is 0. The van der Waals surface area contributed by atoms with Gasteiger partial charge in [0, 0.05) is 5.56 Å². The lowest BCUT2D eigenvalue weighted by molar-refractivity contribution is -0.115. The fraction of sp³-hybridized carbons (Fsp3) is 0.158. The number of rotatable bonds is 4. The Bertz CT molecular complexity index is 760. The third-order valence-electron chi connectivity index (χ3n) is 3.30. The molecule has 1 amide bonds. The Morgan fingerprint density at radius 2 is 1.74 bits per heavy atom. The van der Waals surface area contributed by atoms with Crippen molar-refractivity contribution < 1.29 is 9.53 Å². The van der Waals surface area contributed by atoms with Gasteiger partial charge in [0.2, 0.25) is 0 Å². The van der Waals surface area contributed by atoms with Crippen molar-refractivity contribution in [2.45, 2.75) is 20.0 Å². The van der Waals surface area contributed by atoms with Crippen molar-refractivity contribution in [3.63, 3.8) is 0 Å². The number of amides is 1. The topological polar surface area (TPSA) is 50.7 Å². The second-order valence-corrected chi connectivity index (χ2v) is 5.55. The number of carbonyl (C=O) groups excluding carboxylic acids is 1. The van der Waals surface area contributed by atoms with Crippen LogP contribution in [0.5, 0.6) is 5.75 Å². The standard InChI is InChI=1S/C19H18N2O2/c1-13(2)23-16-10-8-14(9-11-16)12-17-19(22)21-18(20-17)15-6-4-3-5-7-15/h3-13H,1-2H3,(H,20,21,22)/b17-12-. The lowest BCUT2D eigenvalue weighted by Gasteiger charge is -2.09. The minimum Gasteiger partial charge on any atom is -0.491 e. The lowest BCUT2D eigenvalue weighted by Crippen LogP contribution is -2.24. The zero-order chi connectivity index (χ0) is 16.2. The maximum atomic E-state index is 12.1. The minimum atomic E-state index is -0.189. The summed E-state index contributed by atoms with van der Waals surface area (Å²) in [6.45, 7) is 3.97. The van der Waals surface area contributed by atoms with Crippen LogP contribution in [0, 0.1) is 0 Å². The summed E-state index contributed by atoms with van der Waals surface area (Å²) in [5.41, 5.74) is 2.20. The molecule has 4 nitrogen and oxygen atoms in total. The number of nitrogens with zero attached hydrogens (tertiary/aromatic N) is 1. The molecule has 0 unspecified atom stereocenters. The average molecular weight is 306 g/mol. The molecule has 1 N–H and O–H groups in total. The normalized spacial score (nSPS) is 15.7. The Morgan fingerprint density at radius 3 is 2.39 bits per heavy atom. The molecule has 2 aromatic carbocycles. The molecule has 3 rings (SSSR count). The molecule has 1 aliphatic rings. The van der Waals surface area contributed by atoms with Gasteiger partial charge in [-0.25, -0.2) is 4.99 Å². The molecule has 0 saturated carbocycles. The van der Waals surface area contributed by atoms with Crippen LogP contribution in [0.4, 0.5) is 0 Å². The van der Waals surface area contributed by atoms with Crippen LogP contribution in [0.1, 0.15) is 25.0 Å². The van der Waals surface area contributed by atoms with Crippen LogP contribution >= 0.6 is 0 Å². The van der Waals surface area contributed by atoms with Gasteiger partial charge >= 0.3 is 0 Å². The van der Waals surface area contributed by atoms with Crippen LogP contribution in [0.2, 0.25) is 0 Å². The van der Waals surface area contributed by atoms with E-state index < -0.39 is 0 Å². The smallest absolute Gasteiger partial charge is 0.275 e. The largest absolute Gasteiger partial charge is 0.491 e. The van der Waals surface area contributed by atoms with Crippen LogP contribution in [-0.2, 0) is 4.79 Å². The number of benzene rings is 2. The van der Waals surface area contributed by atoms with Gasteiger partial charge in [0.15, 0.2) is 0 Å². The molecule has 23 heavy (non-hydrogen) atoms. The average Bonchev–Trinajstić information content (AvgIpc) is 2.91. The van der Waals surface area contributed by atoms with Gasteiger partial charge in [0.1, 0.15) is 17.3 Å². The van der Waals surface area contributed by atoms with Gasteiger partial charge in [-0.2, -0.15) is 0 Å². The number of carbonyl (C=O) groups is 1. The highest BCUT2D eigenvalue weighted by atomic mass is 16.5. The summed E-state index contributed by atoms with van der Waals surface area (Å²) < 4.78 is 5.61. The highest BCUT2D eigenvalue weighted by molar-refractivity contribution is 6.19. The number of hydrogen-bond acceptors (Lipinski definition) is 3. The number of nitrogens with one attached hydrogen (secondary N) is 1. The second-order valence-electron chi connectivity index (χ2n) is 5.55. The van der Waals surface area contributed by atoms with E-state index in [0.29, 0.717) is 11.5 Å². The van der Waals surface area contributed by atoms with Crippen LogP contribution in [0.15, 0.2) is 65.3 Å². The van der Waals surface area contributed by atoms with Crippen molar-refractivity contribution in [1.82, 2.24) is 5.32 Å². The zero-order valence-electron chi connectivity index (χ0n) is 13.1. The number of aliphatic imine (C=N–C) groups is 1. The van der Waals surface area contributed by atoms with E-state index in [-0.39, 0.29) is 12.0 Å². The van der Waals surface area contributed by atoms with Gasteiger partial charge < -0.3 is 10.1 Å². The van der Waals surface area contributed by atoms with Crippen molar-refractivity contribution in [3.05, 3.63) is 71.4 Å². The summed E-state index contributed by atoms with van der Waals surface area (Å²) in [5.74, 6) is 1.21. The molecule has 0 saturated heterocycles. The predicted molar refractivity (Wildman–Crippen MR) is 91.3 cm³/mol. The maximum absolute atomic E-state index is 12.1. The van der Waals surface area contributed by atoms with Gasteiger partial charge in [-0.3, -0.25) is 4.79 Å². The molecular formula is C19H18N2O2. The monoisotopic (exact) mass is 306 g/mol. The highest BCUT2D eigenvalue weighted by Gasteiger charge is 2.20. The molecule has 0 aromatic heterocycles. The molecule has 2 aromatic rings. The predicted octanol–water partition coefficient (Wildman–Crippen LogP) is 3.39. The first-order valence-electron chi connectivity index (χ1n) is 7.56. The van der Waals surface area contributed by atoms with Crippen molar-refractivity contribution in [2.24, 2.45) is 4.99 Å². The number of hydrogen-bond donors (Lipinski definition) is 1. The van der Waals surface area contributed by atoms with Crippen LogP contribution in [0.25, 0.3) is 6.08 Å². The van der Waals surface area contributed by atoms with Crippen molar-refractivity contribution in [3.8, 4) is 5.75 Å². The molecule has 0 atom stereocenters. The fourth-order valence-electron chi connectivity index (χ4n) is 2.27. The molecule has 0 spiro atoms. The van der Waals surface area contributed by atoms with Gasteiger partial charge in [0.05, 0.1) is 6.10 Å². The first-order chi connectivity index (χ1) is 11.1. The number of amidine groups is 1. The van der Waals surface area contributed by atoms with Crippen molar-refractivity contribution >= 4 is 17.8 Å². The molecule has 1 heterocycles. The van der Waals surface area contributed by atoms with Crippen LogP contribution in [0.3, 0.4) is 0 Å². The van der Waals surface area contributed by atoms with E-state index in [9.17, 15) is 4.79 Å². The second kappa shape index (κ2) is 6.48. The summed E-state index contributed by atoms with van der Waals surface area (Å²) >= 11 is 0. The Labute approximate surface area is 135 Å². The van der Waals surface area contributed by atoms with Gasteiger partial charge in [-0.1, -0.05) is 42.5 Å². The summed E-state index contributed by atoms with van der Waals surface area (Å²) in [4.78, 5) is 16.4. The summed E-state index contributed by atoms with van der Waals surface area (Å²) in [6.07, 6.45) is 1.91. The van der Waals surface area contributed by atoms with E-state index in [4.69, 9.17) is 4.74 Å². The van der Waals surface area contributed by atoms with E-state index in [1.165, 1.54) is 0 Å². The van der Waals surface area contributed by atoms with Crippen LogP contribution in [-0.4, -0.2) is 17.8 Å². The molecule has 0 bridgehead atoms.